The molecule has 0 aliphatic rings. The van der Waals surface area contributed by atoms with Gasteiger partial charge < -0.3 is 9.84 Å². The topological polar surface area (TPSA) is 53.2 Å². The Morgan fingerprint density at radius 2 is 1.78 bits per heavy atom. The Labute approximate surface area is 104 Å². The Hall–Kier alpha value is -2.38. The Kier molecular flexibility index (Phi) is 3.56. The monoisotopic (exact) mass is 243 g/mol. The predicted octanol–water partition coefficient (Wildman–Crippen LogP) is 3.17. The van der Waals surface area contributed by atoms with E-state index >= 15 is 0 Å². The molecule has 1 unspecified atom stereocenters. The number of hydrogen-bond donors (Lipinski definition) is 1. The summed E-state index contributed by atoms with van der Waals surface area (Å²) in [6, 6.07) is 13.9. The second-order valence-corrected chi connectivity index (χ2v) is 3.66. The highest BCUT2D eigenvalue weighted by atomic mass is 19.1. The van der Waals surface area contributed by atoms with Gasteiger partial charge in [-0.3, -0.25) is 0 Å². The summed E-state index contributed by atoms with van der Waals surface area (Å²) in [5.41, 5.74) is 0.436. The average Bonchev–Trinajstić information content (AvgIpc) is 2.38. The Morgan fingerprint density at radius 3 is 2.44 bits per heavy atom. The number of aliphatic hydroxyl groups excluding tert-OH is 1. The summed E-state index contributed by atoms with van der Waals surface area (Å²) in [4.78, 5) is 0. The van der Waals surface area contributed by atoms with E-state index in [9.17, 15) is 9.50 Å². The van der Waals surface area contributed by atoms with Crippen molar-refractivity contribution in [3.63, 3.8) is 0 Å². The van der Waals surface area contributed by atoms with E-state index in [4.69, 9.17) is 10.00 Å². The minimum atomic E-state index is -1.19. The first-order valence-corrected chi connectivity index (χ1v) is 5.30. The molecular formula is C14H10FNO2. The van der Waals surface area contributed by atoms with Crippen LogP contribution in [0.3, 0.4) is 0 Å². The number of halogens is 1. The molecule has 0 heterocycles. The van der Waals surface area contributed by atoms with Crippen molar-refractivity contribution < 1.29 is 14.2 Å². The van der Waals surface area contributed by atoms with Crippen molar-refractivity contribution in [2.45, 2.75) is 6.10 Å². The van der Waals surface area contributed by atoms with Gasteiger partial charge in [0.05, 0.1) is 6.07 Å². The number of ether oxygens (including phenoxy) is 1. The van der Waals surface area contributed by atoms with Crippen LogP contribution in [0.5, 0.6) is 11.5 Å². The molecule has 0 saturated heterocycles. The summed E-state index contributed by atoms with van der Waals surface area (Å²) in [5.74, 6) is 0.409. The summed E-state index contributed by atoms with van der Waals surface area (Å²) in [6.45, 7) is 0. The number of nitrogens with zero attached hydrogens (tertiary/aromatic N) is 1. The van der Waals surface area contributed by atoms with Crippen molar-refractivity contribution in [1.82, 2.24) is 0 Å². The van der Waals surface area contributed by atoms with Gasteiger partial charge in [-0.25, -0.2) is 4.39 Å². The zero-order valence-corrected chi connectivity index (χ0v) is 9.38. The lowest BCUT2D eigenvalue weighted by Gasteiger charge is -2.08. The van der Waals surface area contributed by atoms with Gasteiger partial charge in [0, 0.05) is 6.07 Å². The minimum absolute atomic E-state index is 0.360. The van der Waals surface area contributed by atoms with Crippen molar-refractivity contribution in [3.05, 3.63) is 59.9 Å². The van der Waals surface area contributed by atoms with Gasteiger partial charge in [0.2, 0.25) is 0 Å². The van der Waals surface area contributed by atoms with E-state index in [-0.39, 0.29) is 5.82 Å². The highest BCUT2D eigenvalue weighted by molar-refractivity contribution is 5.36. The molecular weight excluding hydrogens is 233 g/mol. The highest BCUT2D eigenvalue weighted by Crippen LogP contribution is 2.24. The van der Waals surface area contributed by atoms with Crippen molar-refractivity contribution in [2.24, 2.45) is 0 Å². The quantitative estimate of drug-likeness (QED) is 0.842. The van der Waals surface area contributed by atoms with Crippen LogP contribution in [0, 0.1) is 17.1 Å². The molecule has 0 radical (unpaired) electrons. The van der Waals surface area contributed by atoms with Crippen LogP contribution in [0.4, 0.5) is 4.39 Å². The smallest absolute Gasteiger partial charge is 0.166 e. The molecule has 0 aliphatic heterocycles. The lowest BCUT2D eigenvalue weighted by molar-refractivity contribution is 0.235. The van der Waals surface area contributed by atoms with Crippen molar-refractivity contribution in [1.29, 1.82) is 5.26 Å². The summed E-state index contributed by atoms with van der Waals surface area (Å²) >= 11 is 0. The van der Waals surface area contributed by atoms with Gasteiger partial charge in [0.1, 0.15) is 17.3 Å². The van der Waals surface area contributed by atoms with E-state index in [0.29, 0.717) is 17.1 Å². The third-order valence-electron chi connectivity index (χ3n) is 2.33. The van der Waals surface area contributed by atoms with Crippen LogP contribution in [0.25, 0.3) is 0 Å². The van der Waals surface area contributed by atoms with Crippen LogP contribution in [0.2, 0.25) is 0 Å². The summed E-state index contributed by atoms with van der Waals surface area (Å²) in [6.07, 6.45) is -1.19. The van der Waals surface area contributed by atoms with Crippen LogP contribution in [0.1, 0.15) is 11.7 Å². The fourth-order valence-corrected chi connectivity index (χ4v) is 1.49. The predicted molar refractivity (Wildman–Crippen MR) is 63.5 cm³/mol. The summed E-state index contributed by atoms with van der Waals surface area (Å²) in [5, 5.41) is 18.0. The number of hydrogen-bond acceptors (Lipinski definition) is 3. The zero-order valence-electron chi connectivity index (χ0n) is 9.38. The number of nitriles is 1. The van der Waals surface area contributed by atoms with Gasteiger partial charge in [-0.05, 0) is 29.8 Å². The lowest BCUT2D eigenvalue weighted by atomic mass is 10.1. The van der Waals surface area contributed by atoms with E-state index in [1.54, 1.807) is 42.5 Å². The molecule has 0 bridgehead atoms. The standard InChI is InChI=1S/C14H10FNO2/c15-11-4-2-6-13(8-11)18-12-5-1-3-10(7-12)14(17)9-16/h1-8,14,17H. The molecule has 0 amide bonds. The van der Waals surface area contributed by atoms with Crippen molar-refractivity contribution >= 4 is 0 Å². The van der Waals surface area contributed by atoms with Crippen LogP contribution >= 0.6 is 0 Å². The molecule has 2 aromatic rings. The summed E-state index contributed by atoms with van der Waals surface area (Å²) in [7, 11) is 0. The first kappa shape index (κ1) is 12.1. The molecule has 3 nitrogen and oxygen atoms in total. The molecule has 18 heavy (non-hydrogen) atoms. The second kappa shape index (κ2) is 5.30. The van der Waals surface area contributed by atoms with Crippen molar-refractivity contribution in [3.8, 4) is 17.6 Å². The number of aliphatic hydroxyl groups is 1. The van der Waals surface area contributed by atoms with Gasteiger partial charge in [-0.1, -0.05) is 18.2 Å². The van der Waals surface area contributed by atoms with Crippen LogP contribution < -0.4 is 4.74 Å². The maximum atomic E-state index is 13.0. The van der Waals surface area contributed by atoms with Gasteiger partial charge in [0.15, 0.2) is 6.10 Å². The molecule has 0 spiro atoms. The lowest BCUT2D eigenvalue weighted by Crippen LogP contribution is -1.94. The zero-order chi connectivity index (χ0) is 13.0. The fourth-order valence-electron chi connectivity index (χ4n) is 1.49. The fraction of sp³-hybridized carbons (Fsp3) is 0.0714. The highest BCUT2D eigenvalue weighted by Gasteiger charge is 2.07. The van der Waals surface area contributed by atoms with Gasteiger partial charge >= 0.3 is 0 Å². The molecule has 2 rings (SSSR count). The van der Waals surface area contributed by atoms with E-state index < -0.39 is 6.10 Å². The first-order chi connectivity index (χ1) is 8.69. The van der Waals surface area contributed by atoms with Crippen molar-refractivity contribution in [2.75, 3.05) is 0 Å². The van der Waals surface area contributed by atoms with Crippen LogP contribution in [-0.2, 0) is 0 Å². The molecule has 0 aliphatic carbocycles. The second-order valence-electron chi connectivity index (χ2n) is 3.66. The Bertz CT molecular complexity index is 592. The van der Waals surface area contributed by atoms with Crippen LogP contribution in [-0.4, -0.2) is 5.11 Å². The number of benzene rings is 2. The van der Waals surface area contributed by atoms with E-state index in [1.807, 2.05) is 0 Å². The molecule has 0 fully saturated rings. The van der Waals surface area contributed by atoms with Gasteiger partial charge in [0.25, 0.3) is 0 Å². The van der Waals surface area contributed by atoms with Gasteiger partial charge in [-0.2, -0.15) is 5.26 Å². The van der Waals surface area contributed by atoms with E-state index in [1.165, 1.54) is 12.1 Å². The van der Waals surface area contributed by atoms with E-state index in [2.05, 4.69) is 0 Å². The largest absolute Gasteiger partial charge is 0.457 e. The number of rotatable bonds is 3. The third kappa shape index (κ3) is 2.84. The third-order valence-corrected chi connectivity index (χ3v) is 2.33. The molecule has 1 atom stereocenters. The average molecular weight is 243 g/mol. The molecule has 2 aromatic carbocycles. The molecule has 0 aromatic heterocycles. The summed E-state index contributed by atoms with van der Waals surface area (Å²) < 4.78 is 18.4. The maximum Gasteiger partial charge on any atom is 0.166 e. The normalized spacial score (nSPS) is 11.6. The maximum absolute atomic E-state index is 13.0. The molecule has 0 saturated carbocycles. The Balaban J connectivity index is 2.22. The van der Waals surface area contributed by atoms with E-state index in [0.717, 1.165) is 0 Å². The molecule has 1 N–H and O–H groups in total. The minimum Gasteiger partial charge on any atom is -0.457 e. The Morgan fingerprint density at radius 1 is 1.11 bits per heavy atom. The SMILES string of the molecule is N#CC(O)c1cccc(Oc2cccc(F)c2)c1. The molecule has 90 valence electrons. The van der Waals surface area contributed by atoms with Gasteiger partial charge in [-0.15, -0.1) is 0 Å². The first-order valence-electron chi connectivity index (χ1n) is 5.30. The molecule has 4 heteroatoms. The van der Waals surface area contributed by atoms with Crippen LogP contribution in [0.15, 0.2) is 48.5 Å².